The Morgan fingerprint density at radius 1 is 1.06 bits per heavy atom. The number of hydrogen-bond acceptors (Lipinski definition) is 3. The first-order valence-electron chi connectivity index (χ1n) is 6.27. The molecule has 17 heavy (non-hydrogen) atoms. The highest BCUT2D eigenvalue weighted by atomic mass is 16.5. The van der Waals surface area contributed by atoms with Crippen molar-refractivity contribution < 1.29 is 19.4 Å². The predicted octanol–water partition coefficient (Wildman–Crippen LogP) is 0.782. The number of carboxylic acids is 1. The van der Waals surface area contributed by atoms with Crippen LogP contribution in [0.4, 0.5) is 0 Å². The van der Waals surface area contributed by atoms with Crippen LogP contribution in [-0.2, 0) is 14.3 Å². The molecule has 2 aliphatic rings. The zero-order valence-corrected chi connectivity index (χ0v) is 9.85. The van der Waals surface area contributed by atoms with Gasteiger partial charge in [0.1, 0.15) is 0 Å². The van der Waals surface area contributed by atoms with Crippen LogP contribution in [0.25, 0.3) is 0 Å². The van der Waals surface area contributed by atoms with Gasteiger partial charge < -0.3 is 15.2 Å². The van der Waals surface area contributed by atoms with Crippen LogP contribution in [0.15, 0.2) is 0 Å². The molecule has 2 N–H and O–H groups in total. The van der Waals surface area contributed by atoms with Gasteiger partial charge in [-0.1, -0.05) is 0 Å². The van der Waals surface area contributed by atoms with E-state index in [0.717, 1.165) is 19.3 Å². The number of carbonyl (C=O) groups is 2. The van der Waals surface area contributed by atoms with Crippen molar-refractivity contribution in [3.63, 3.8) is 0 Å². The van der Waals surface area contributed by atoms with E-state index in [1.54, 1.807) is 0 Å². The Morgan fingerprint density at radius 2 is 1.76 bits per heavy atom. The molecule has 1 heterocycles. The van der Waals surface area contributed by atoms with Crippen molar-refractivity contribution in [3.05, 3.63) is 0 Å². The fourth-order valence-electron chi connectivity index (χ4n) is 2.55. The Kier molecular flexibility index (Phi) is 3.99. The Bertz CT molecular complexity index is 291. The molecule has 2 fully saturated rings. The Morgan fingerprint density at radius 3 is 2.29 bits per heavy atom. The number of amides is 1. The van der Waals surface area contributed by atoms with Gasteiger partial charge in [-0.05, 0) is 32.1 Å². The van der Waals surface area contributed by atoms with Crippen LogP contribution in [0.1, 0.15) is 32.1 Å². The zero-order chi connectivity index (χ0) is 12.3. The second kappa shape index (κ2) is 5.49. The summed E-state index contributed by atoms with van der Waals surface area (Å²) in [5, 5.41) is 11.9. The Hall–Kier alpha value is -1.10. The molecule has 2 rings (SSSR count). The predicted molar refractivity (Wildman–Crippen MR) is 60.5 cm³/mol. The molecule has 1 aliphatic carbocycles. The number of nitrogens with one attached hydrogen (secondary N) is 1. The van der Waals surface area contributed by atoms with Gasteiger partial charge in [0.25, 0.3) is 0 Å². The van der Waals surface area contributed by atoms with Crippen LogP contribution in [0.5, 0.6) is 0 Å². The summed E-state index contributed by atoms with van der Waals surface area (Å²) in [6.07, 6.45) is 3.69. The largest absolute Gasteiger partial charge is 0.481 e. The minimum Gasteiger partial charge on any atom is -0.481 e. The molecule has 0 bridgehead atoms. The molecule has 0 aromatic heterocycles. The average Bonchev–Trinajstić information content (AvgIpc) is 2.83. The van der Waals surface area contributed by atoms with E-state index in [2.05, 4.69) is 5.32 Å². The van der Waals surface area contributed by atoms with Gasteiger partial charge in [-0.2, -0.15) is 0 Å². The maximum Gasteiger partial charge on any atom is 0.306 e. The first-order valence-corrected chi connectivity index (χ1v) is 6.27. The van der Waals surface area contributed by atoms with Gasteiger partial charge in [-0.15, -0.1) is 0 Å². The quantitative estimate of drug-likeness (QED) is 0.765. The molecule has 5 nitrogen and oxygen atoms in total. The van der Waals surface area contributed by atoms with E-state index >= 15 is 0 Å². The van der Waals surface area contributed by atoms with Gasteiger partial charge in [0.2, 0.25) is 5.91 Å². The fraction of sp³-hybridized carbons (Fsp3) is 0.833. The molecule has 1 amide bonds. The molecule has 1 unspecified atom stereocenters. The van der Waals surface area contributed by atoms with Gasteiger partial charge in [0.05, 0.1) is 18.4 Å². The topological polar surface area (TPSA) is 75.6 Å². The third-order valence-corrected chi connectivity index (χ3v) is 3.72. The van der Waals surface area contributed by atoms with Crippen molar-refractivity contribution in [2.24, 2.45) is 11.8 Å². The molecular weight excluding hydrogens is 222 g/mol. The van der Waals surface area contributed by atoms with E-state index in [9.17, 15) is 9.59 Å². The summed E-state index contributed by atoms with van der Waals surface area (Å²) in [4.78, 5) is 22.6. The van der Waals surface area contributed by atoms with Gasteiger partial charge in [0, 0.05) is 12.6 Å². The standard InChI is InChI=1S/C12H19NO4/c14-11(9-5-6-17-7-9)13-10-3-1-8(2-4-10)12(15)16/h8-10H,1-7H2,(H,13,14)(H,15,16). The van der Waals surface area contributed by atoms with Crippen LogP contribution in [-0.4, -0.2) is 36.2 Å². The number of aliphatic carboxylic acids is 1. The van der Waals surface area contributed by atoms with Crippen LogP contribution in [0, 0.1) is 11.8 Å². The van der Waals surface area contributed by atoms with E-state index in [1.807, 2.05) is 0 Å². The Balaban J connectivity index is 1.74. The number of hydrogen-bond donors (Lipinski definition) is 2. The van der Waals surface area contributed by atoms with E-state index in [-0.39, 0.29) is 23.8 Å². The van der Waals surface area contributed by atoms with Gasteiger partial charge >= 0.3 is 5.97 Å². The molecule has 1 saturated heterocycles. The monoisotopic (exact) mass is 241 g/mol. The molecule has 96 valence electrons. The number of carbonyl (C=O) groups excluding carboxylic acids is 1. The van der Waals surface area contributed by atoms with Crippen molar-refractivity contribution in [2.45, 2.75) is 38.1 Å². The average molecular weight is 241 g/mol. The minimum absolute atomic E-state index is 0.00722. The highest BCUT2D eigenvalue weighted by Crippen LogP contribution is 2.25. The SMILES string of the molecule is O=C(O)C1CCC(NC(=O)C2CCOC2)CC1. The summed E-state index contributed by atoms with van der Waals surface area (Å²) in [5.41, 5.74) is 0. The second-order valence-corrected chi connectivity index (χ2v) is 4.96. The van der Waals surface area contributed by atoms with Gasteiger partial charge in [-0.25, -0.2) is 0 Å². The van der Waals surface area contributed by atoms with Crippen molar-refractivity contribution in [2.75, 3.05) is 13.2 Å². The summed E-state index contributed by atoms with van der Waals surface area (Å²) in [5.74, 6) is -0.870. The first-order chi connectivity index (χ1) is 8.16. The van der Waals surface area contributed by atoms with E-state index in [4.69, 9.17) is 9.84 Å². The third kappa shape index (κ3) is 3.19. The Labute approximate surface area is 101 Å². The second-order valence-electron chi connectivity index (χ2n) is 4.96. The smallest absolute Gasteiger partial charge is 0.306 e. The molecule has 0 aromatic carbocycles. The third-order valence-electron chi connectivity index (χ3n) is 3.72. The zero-order valence-electron chi connectivity index (χ0n) is 9.85. The molecule has 1 atom stereocenters. The highest BCUT2D eigenvalue weighted by molar-refractivity contribution is 5.79. The molecule has 5 heteroatoms. The van der Waals surface area contributed by atoms with Crippen LogP contribution in [0.3, 0.4) is 0 Å². The van der Waals surface area contributed by atoms with E-state index in [1.165, 1.54) is 0 Å². The maximum atomic E-state index is 11.8. The highest BCUT2D eigenvalue weighted by Gasteiger charge is 2.29. The first kappa shape index (κ1) is 12.4. The fourth-order valence-corrected chi connectivity index (χ4v) is 2.55. The summed E-state index contributed by atoms with van der Waals surface area (Å²) >= 11 is 0. The number of rotatable bonds is 3. The molecular formula is C12H19NO4. The molecule has 0 aromatic rings. The molecule has 0 radical (unpaired) electrons. The van der Waals surface area contributed by atoms with Crippen LogP contribution in [0.2, 0.25) is 0 Å². The summed E-state index contributed by atoms with van der Waals surface area (Å²) in [6, 6.07) is 0.152. The summed E-state index contributed by atoms with van der Waals surface area (Å²) in [6.45, 7) is 1.19. The lowest BCUT2D eigenvalue weighted by atomic mass is 9.86. The van der Waals surface area contributed by atoms with Gasteiger partial charge in [-0.3, -0.25) is 9.59 Å². The van der Waals surface area contributed by atoms with Gasteiger partial charge in [0.15, 0.2) is 0 Å². The maximum absolute atomic E-state index is 11.8. The normalized spacial score (nSPS) is 33.3. The lowest BCUT2D eigenvalue weighted by molar-refractivity contribution is -0.142. The lowest BCUT2D eigenvalue weighted by Gasteiger charge is -2.27. The van der Waals surface area contributed by atoms with E-state index < -0.39 is 5.97 Å². The minimum atomic E-state index is -0.709. The van der Waals surface area contributed by atoms with Crippen LogP contribution < -0.4 is 5.32 Å². The lowest BCUT2D eigenvalue weighted by Crippen LogP contribution is -2.41. The van der Waals surface area contributed by atoms with Crippen molar-refractivity contribution in [1.29, 1.82) is 0 Å². The summed E-state index contributed by atoms with van der Waals surface area (Å²) < 4.78 is 5.18. The molecule has 0 spiro atoms. The number of carboxylic acid groups (broad SMARTS) is 1. The van der Waals surface area contributed by atoms with E-state index in [0.29, 0.717) is 26.1 Å². The van der Waals surface area contributed by atoms with Crippen molar-refractivity contribution >= 4 is 11.9 Å². The van der Waals surface area contributed by atoms with Crippen molar-refractivity contribution in [3.8, 4) is 0 Å². The van der Waals surface area contributed by atoms with Crippen LogP contribution >= 0.6 is 0 Å². The number of ether oxygens (including phenoxy) is 1. The molecule has 1 aliphatic heterocycles. The van der Waals surface area contributed by atoms with Crippen molar-refractivity contribution in [1.82, 2.24) is 5.32 Å². The summed E-state index contributed by atoms with van der Waals surface area (Å²) in [7, 11) is 0. The molecule has 1 saturated carbocycles.